The highest BCUT2D eigenvalue weighted by Crippen LogP contribution is 2.33. The average Bonchev–Trinajstić information content (AvgIpc) is 2.57. The fraction of sp³-hybridized carbons (Fsp3) is 0.905. The lowest BCUT2D eigenvalue weighted by molar-refractivity contribution is -0.250. The second-order valence-corrected chi connectivity index (χ2v) is 8.16. The monoisotopic (exact) mass is 354 g/mol. The number of ketones is 2. The normalized spacial score (nSPS) is 17.2. The van der Waals surface area contributed by atoms with Gasteiger partial charge in [-0.1, -0.05) is 34.1 Å². The third-order valence-corrected chi connectivity index (χ3v) is 4.93. The molecular weight excluding hydrogens is 316 g/mol. The van der Waals surface area contributed by atoms with E-state index in [2.05, 4.69) is 13.8 Å². The van der Waals surface area contributed by atoms with Crippen molar-refractivity contribution in [2.45, 2.75) is 97.7 Å². The summed E-state index contributed by atoms with van der Waals surface area (Å²) in [5.74, 6) is 0.481. The van der Waals surface area contributed by atoms with E-state index in [9.17, 15) is 9.59 Å². The first-order valence-corrected chi connectivity index (χ1v) is 10.2. The van der Waals surface area contributed by atoms with Gasteiger partial charge in [-0.25, -0.2) is 0 Å². The highest BCUT2D eigenvalue weighted by molar-refractivity contribution is 5.82. The number of carbonyl (C=O) groups excluding carboxylic acids is 2. The Morgan fingerprint density at radius 1 is 0.920 bits per heavy atom. The third kappa shape index (κ3) is 9.50. The van der Waals surface area contributed by atoms with Crippen LogP contribution in [0.2, 0.25) is 0 Å². The molecule has 0 bridgehead atoms. The van der Waals surface area contributed by atoms with Crippen LogP contribution in [0.1, 0.15) is 91.9 Å². The lowest BCUT2D eigenvalue weighted by atomic mass is 9.94. The molecule has 0 radical (unpaired) electrons. The molecule has 0 amide bonds. The summed E-state index contributed by atoms with van der Waals surface area (Å²) in [6.45, 7) is 9.05. The standard InChI is InChI=1S/C21H38O4/c1-17(2)10-9-15-24-21(13-6-5-7-14-21)25-16-19(22)11-8-12-20(23)18(3)4/h17-18H,5-16H2,1-4H3. The molecule has 0 unspecified atom stereocenters. The Kier molecular flexibility index (Phi) is 10.5. The molecule has 0 aromatic rings. The topological polar surface area (TPSA) is 52.6 Å². The molecule has 1 aliphatic carbocycles. The maximum Gasteiger partial charge on any atom is 0.168 e. The summed E-state index contributed by atoms with van der Waals surface area (Å²) in [5, 5.41) is 0. The minimum absolute atomic E-state index is 0.0519. The van der Waals surface area contributed by atoms with Gasteiger partial charge in [-0.15, -0.1) is 0 Å². The fourth-order valence-electron chi connectivity index (χ4n) is 3.20. The summed E-state index contributed by atoms with van der Waals surface area (Å²) in [6, 6.07) is 0. The van der Waals surface area contributed by atoms with Gasteiger partial charge < -0.3 is 9.47 Å². The molecule has 1 fully saturated rings. The molecule has 0 spiro atoms. The van der Waals surface area contributed by atoms with Gasteiger partial charge in [0.05, 0.1) is 6.61 Å². The minimum atomic E-state index is -0.557. The minimum Gasteiger partial charge on any atom is -0.350 e. The maximum atomic E-state index is 12.1. The van der Waals surface area contributed by atoms with Gasteiger partial charge in [-0.05, 0) is 38.0 Å². The first-order valence-electron chi connectivity index (χ1n) is 10.2. The number of rotatable bonds is 13. The first kappa shape index (κ1) is 22.3. The lowest BCUT2D eigenvalue weighted by Crippen LogP contribution is -2.40. The first-order chi connectivity index (χ1) is 11.8. The molecule has 1 saturated carbocycles. The van der Waals surface area contributed by atoms with E-state index in [1.807, 2.05) is 13.8 Å². The summed E-state index contributed by atoms with van der Waals surface area (Å²) in [4.78, 5) is 23.7. The van der Waals surface area contributed by atoms with Gasteiger partial charge in [0, 0.05) is 31.6 Å². The van der Waals surface area contributed by atoms with Gasteiger partial charge in [-0.2, -0.15) is 0 Å². The van der Waals surface area contributed by atoms with Crippen LogP contribution in [0.5, 0.6) is 0 Å². The molecular formula is C21H38O4. The van der Waals surface area contributed by atoms with E-state index in [-0.39, 0.29) is 24.1 Å². The van der Waals surface area contributed by atoms with Crippen molar-refractivity contribution in [2.24, 2.45) is 11.8 Å². The van der Waals surface area contributed by atoms with Crippen LogP contribution in [-0.4, -0.2) is 30.6 Å². The summed E-state index contributed by atoms with van der Waals surface area (Å²) >= 11 is 0. The van der Waals surface area contributed by atoms with Gasteiger partial charge >= 0.3 is 0 Å². The van der Waals surface area contributed by atoms with Crippen molar-refractivity contribution in [1.29, 1.82) is 0 Å². The SMILES string of the molecule is CC(C)CCCOC1(OCC(=O)CCCC(=O)C(C)C)CCCCC1. The second kappa shape index (κ2) is 11.8. The highest BCUT2D eigenvalue weighted by Gasteiger charge is 2.34. The zero-order valence-electron chi connectivity index (χ0n) is 16.8. The molecule has 0 atom stereocenters. The molecule has 1 rings (SSSR count). The zero-order valence-corrected chi connectivity index (χ0v) is 16.8. The Bertz CT molecular complexity index is 395. The highest BCUT2D eigenvalue weighted by atomic mass is 16.7. The quantitative estimate of drug-likeness (QED) is 0.342. The molecule has 25 heavy (non-hydrogen) atoms. The molecule has 1 aliphatic rings. The van der Waals surface area contributed by atoms with E-state index >= 15 is 0 Å². The summed E-state index contributed by atoms with van der Waals surface area (Å²) in [6.07, 6.45) is 8.90. The number of carbonyl (C=O) groups is 2. The number of hydrogen-bond donors (Lipinski definition) is 0. The van der Waals surface area contributed by atoms with E-state index in [4.69, 9.17) is 9.47 Å². The summed E-state index contributed by atoms with van der Waals surface area (Å²) < 4.78 is 12.1. The van der Waals surface area contributed by atoms with E-state index in [1.54, 1.807) is 0 Å². The predicted octanol–water partition coefficient (Wildman–Crippen LogP) is 5.08. The van der Waals surface area contributed by atoms with Crippen molar-refractivity contribution >= 4 is 11.6 Å². The summed E-state index contributed by atoms with van der Waals surface area (Å²) in [5.41, 5.74) is 0. The van der Waals surface area contributed by atoms with Gasteiger partial charge in [0.25, 0.3) is 0 Å². The average molecular weight is 355 g/mol. The van der Waals surface area contributed by atoms with E-state index in [1.165, 1.54) is 6.42 Å². The van der Waals surface area contributed by atoms with Crippen molar-refractivity contribution in [1.82, 2.24) is 0 Å². The number of ether oxygens (including phenoxy) is 2. The van der Waals surface area contributed by atoms with Crippen LogP contribution < -0.4 is 0 Å². The Labute approximate surface area is 154 Å². The maximum absolute atomic E-state index is 12.1. The van der Waals surface area contributed by atoms with Crippen LogP contribution in [-0.2, 0) is 19.1 Å². The molecule has 0 saturated heterocycles. The van der Waals surface area contributed by atoms with E-state index in [0.29, 0.717) is 31.8 Å². The molecule has 4 nitrogen and oxygen atoms in total. The van der Waals surface area contributed by atoms with Crippen molar-refractivity contribution in [3.8, 4) is 0 Å². The molecule has 0 aromatic heterocycles. The summed E-state index contributed by atoms with van der Waals surface area (Å²) in [7, 11) is 0. The van der Waals surface area contributed by atoms with Crippen LogP contribution >= 0.6 is 0 Å². The van der Waals surface area contributed by atoms with Gasteiger partial charge in [0.2, 0.25) is 0 Å². The molecule has 4 heteroatoms. The van der Waals surface area contributed by atoms with Gasteiger partial charge in [-0.3, -0.25) is 9.59 Å². The van der Waals surface area contributed by atoms with Crippen LogP contribution in [0, 0.1) is 11.8 Å². The predicted molar refractivity (Wildman–Crippen MR) is 100 cm³/mol. The van der Waals surface area contributed by atoms with Crippen molar-refractivity contribution in [2.75, 3.05) is 13.2 Å². The molecule has 0 aliphatic heterocycles. The zero-order chi connectivity index (χ0) is 18.7. The third-order valence-electron chi connectivity index (χ3n) is 4.93. The van der Waals surface area contributed by atoms with Crippen LogP contribution in [0.4, 0.5) is 0 Å². The van der Waals surface area contributed by atoms with Gasteiger partial charge in [0.15, 0.2) is 11.6 Å². The Morgan fingerprint density at radius 3 is 2.20 bits per heavy atom. The largest absolute Gasteiger partial charge is 0.350 e. The van der Waals surface area contributed by atoms with Crippen LogP contribution in [0.3, 0.4) is 0 Å². The molecule has 146 valence electrons. The Balaban J connectivity index is 2.34. The van der Waals surface area contributed by atoms with Crippen molar-refractivity contribution in [3.63, 3.8) is 0 Å². The Hall–Kier alpha value is -0.740. The van der Waals surface area contributed by atoms with Crippen LogP contribution in [0.25, 0.3) is 0 Å². The smallest absolute Gasteiger partial charge is 0.168 e. The fourth-order valence-corrected chi connectivity index (χ4v) is 3.20. The number of Topliss-reactive ketones (excluding diaryl/α,β-unsaturated/α-hetero) is 2. The van der Waals surface area contributed by atoms with E-state index < -0.39 is 5.79 Å². The Morgan fingerprint density at radius 2 is 1.60 bits per heavy atom. The van der Waals surface area contributed by atoms with Gasteiger partial charge in [0.1, 0.15) is 12.4 Å². The van der Waals surface area contributed by atoms with Crippen molar-refractivity contribution < 1.29 is 19.1 Å². The van der Waals surface area contributed by atoms with Crippen molar-refractivity contribution in [3.05, 3.63) is 0 Å². The molecule has 0 N–H and O–H groups in total. The molecule has 0 aromatic carbocycles. The lowest BCUT2D eigenvalue weighted by Gasteiger charge is -2.37. The second-order valence-electron chi connectivity index (χ2n) is 8.16. The van der Waals surface area contributed by atoms with E-state index in [0.717, 1.165) is 38.5 Å². The molecule has 0 heterocycles. The number of hydrogen-bond acceptors (Lipinski definition) is 4. The van der Waals surface area contributed by atoms with Crippen LogP contribution in [0.15, 0.2) is 0 Å².